The first-order valence-electron chi connectivity index (χ1n) is 14.2. The molecule has 9 nitrogen and oxygen atoms in total. The Morgan fingerprint density at radius 1 is 1.12 bits per heavy atom. The molecule has 0 radical (unpaired) electrons. The summed E-state index contributed by atoms with van der Waals surface area (Å²) in [6.07, 6.45) is 7.48. The third-order valence-electron chi connectivity index (χ3n) is 8.54. The van der Waals surface area contributed by atoms with E-state index < -0.39 is 12.1 Å². The number of fused-ring (bicyclic) bond motifs is 2. The number of amides is 3. The summed E-state index contributed by atoms with van der Waals surface area (Å²) in [6.45, 7) is 2.27. The van der Waals surface area contributed by atoms with Gasteiger partial charge in [-0.3, -0.25) is 14.5 Å². The first-order chi connectivity index (χ1) is 20.4. The number of carbonyl (C=O) groups excluding carboxylic acids is 3. The number of imidazole rings is 1. The van der Waals surface area contributed by atoms with E-state index >= 15 is 0 Å². The van der Waals surface area contributed by atoms with Crippen molar-refractivity contribution in [1.82, 2.24) is 29.8 Å². The number of aromatic nitrogens is 4. The highest BCUT2D eigenvalue weighted by atomic mass is 35.5. The standard InChI is InChI=1S/C32H29ClN6O3/c1-18-9-10-19(13-22(18)23-15-24(23)27-17-34-29-8-3-11-36-39(27)29)28(40)7-4-12-38-31(41)26(37-32(38)42)14-20-16-35-30-21(20)5-2-6-25(30)33/h2-3,5-6,8-11,13,16-17,23-24,26,35H,4,7,12,14-15H2,1H3,(H,37,42)/t23-,24?,26?/m1/s1. The minimum absolute atomic E-state index is 0.00388. The number of hydrogen-bond acceptors (Lipinski definition) is 5. The van der Waals surface area contributed by atoms with E-state index in [0.717, 1.165) is 39.8 Å². The first-order valence-corrected chi connectivity index (χ1v) is 14.6. The number of ketones is 1. The molecule has 7 rings (SSSR count). The van der Waals surface area contributed by atoms with E-state index in [2.05, 4.69) is 27.3 Å². The van der Waals surface area contributed by atoms with Gasteiger partial charge in [-0.05, 0) is 66.6 Å². The summed E-state index contributed by atoms with van der Waals surface area (Å²) in [6, 6.07) is 14.2. The molecule has 1 aliphatic heterocycles. The molecule has 2 aliphatic rings. The Hall–Kier alpha value is -4.50. The molecule has 0 bridgehead atoms. The first kappa shape index (κ1) is 26.4. The highest BCUT2D eigenvalue weighted by Crippen LogP contribution is 2.55. The minimum atomic E-state index is -0.652. The number of para-hydroxylation sites is 1. The van der Waals surface area contributed by atoms with Crippen molar-refractivity contribution in [2.24, 2.45) is 0 Å². The fraction of sp³-hybridized carbons (Fsp3) is 0.281. The number of carbonyl (C=O) groups is 3. The third-order valence-corrected chi connectivity index (χ3v) is 8.86. The topological polar surface area (TPSA) is 112 Å². The molecular weight excluding hydrogens is 552 g/mol. The number of halogens is 1. The number of imide groups is 1. The zero-order valence-electron chi connectivity index (χ0n) is 23.0. The van der Waals surface area contributed by atoms with Crippen LogP contribution in [-0.2, 0) is 11.2 Å². The quantitative estimate of drug-likeness (QED) is 0.175. The van der Waals surface area contributed by atoms with Crippen molar-refractivity contribution in [2.45, 2.75) is 50.5 Å². The zero-order chi connectivity index (χ0) is 29.0. The molecule has 2 aromatic carbocycles. The van der Waals surface area contributed by atoms with Gasteiger partial charge in [0.1, 0.15) is 6.04 Å². The van der Waals surface area contributed by atoms with Gasteiger partial charge in [-0.2, -0.15) is 5.10 Å². The van der Waals surface area contributed by atoms with Crippen LogP contribution in [0.15, 0.2) is 67.1 Å². The number of benzene rings is 2. The largest absolute Gasteiger partial charge is 0.360 e. The lowest BCUT2D eigenvalue weighted by Gasteiger charge is -2.13. The summed E-state index contributed by atoms with van der Waals surface area (Å²) < 4.78 is 1.89. The fourth-order valence-electron chi connectivity index (χ4n) is 6.21. The van der Waals surface area contributed by atoms with Crippen molar-refractivity contribution < 1.29 is 14.4 Å². The van der Waals surface area contributed by atoms with Crippen LogP contribution >= 0.6 is 11.6 Å². The molecule has 1 aliphatic carbocycles. The molecule has 3 atom stereocenters. The van der Waals surface area contributed by atoms with Crippen molar-refractivity contribution in [1.29, 1.82) is 0 Å². The number of nitrogens with one attached hydrogen (secondary N) is 2. The fourth-order valence-corrected chi connectivity index (χ4v) is 6.44. The highest BCUT2D eigenvalue weighted by Gasteiger charge is 2.43. The molecular formula is C32H29ClN6O3. The molecule has 3 amide bonds. The molecule has 0 spiro atoms. The summed E-state index contributed by atoms with van der Waals surface area (Å²) in [4.78, 5) is 47.7. The molecule has 42 heavy (non-hydrogen) atoms. The Bertz CT molecular complexity index is 1880. The van der Waals surface area contributed by atoms with Crippen LogP contribution in [0.25, 0.3) is 16.6 Å². The van der Waals surface area contributed by atoms with E-state index in [-0.39, 0.29) is 24.7 Å². The number of nitrogens with zero attached hydrogens (tertiary/aromatic N) is 4. The second-order valence-electron chi connectivity index (χ2n) is 11.2. The number of H-pyrrole nitrogens is 1. The van der Waals surface area contributed by atoms with Gasteiger partial charge in [0, 0.05) is 48.6 Å². The van der Waals surface area contributed by atoms with Gasteiger partial charge in [0.25, 0.3) is 5.91 Å². The van der Waals surface area contributed by atoms with Crippen LogP contribution in [0.5, 0.6) is 0 Å². The average molecular weight is 581 g/mol. The molecule has 1 saturated carbocycles. The van der Waals surface area contributed by atoms with E-state index in [0.29, 0.717) is 35.3 Å². The van der Waals surface area contributed by atoms with Gasteiger partial charge in [0.2, 0.25) is 0 Å². The van der Waals surface area contributed by atoms with Gasteiger partial charge in [-0.1, -0.05) is 35.9 Å². The van der Waals surface area contributed by atoms with E-state index in [1.165, 1.54) is 10.5 Å². The summed E-state index contributed by atoms with van der Waals surface area (Å²) in [5.74, 6) is 0.357. The predicted octanol–water partition coefficient (Wildman–Crippen LogP) is 5.57. The molecule has 5 aromatic rings. The van der Waals surface area contributed by atoms with Crippen LogP contribution < -0.4 is 5.32 Å². The lowest BCUT2D eigenvalue weighted by atomic mass is 9.96. The van der Waals surface area contributed by atoms with E-state index in [1.807, 2.05) is 59.4 Å². The molecule has 4 heterocycles. The van der Waals surface area contributed by atoms with Crippen molar-refractivity contribution in [3.8, 4) is 0 Å². The number of aromatic amines is 1. The SMILES string of the molecule is Cc1ccc(C(=O)CCCN2C(=O)NC(Cc3c[nH]c4c(Cl)cccc34)C2=O)cc1[C@H]1CC1c1cnc2cccnn12. The molecule has 3 aromatic heterocycles. The molecule has 10 heteroatoms. The summed E-state index contributed by atoms with van der Waals surface area (Å²) >= 11 is 6.26. The van der Waals surface area contributed by atoms with Gasteiger partial charge >= 0.3 is 6.03 Å². The molecule has 212 valence electrons. The maximum atomic E-state index is 13.2. The zero-order valence-corrected chi connectivity index (χ0v) is 23.8. The van der Waals surface area contributed by atoms with Crippen molar-refractivity contribution in [3.63, 3.8) is 0 Å². The normalized spacial score (nSPS) is 20.0. The Labute approximate surface area is 246 Å². The smallest absolute Gasteiger partial charge is 0.324 e. The maximum Gasteiger partial charge on any atom is 0.324 e. The Kier molecular flexibility index (Phi) is 6.54. The predicted molar refractivity (Wildman–Crippen MR) is 159 cm³/mol. The summed E-state index contributed by atoms with van der Waals surface area (Å²) in [5.41, 5.74) is 6.63. The van der Waals surface area contributed by atoms with Crippen LogP contribution in [0.1, 0.15) is 63.8 Å². The van der Waals surface area contributed by atoms with Gasteiger partial charge < -0.3 is 10.3 Å². The highest BCUT2D eigenvalue weighted by molar-refractivity contribution is 6.35. The van der Waals surface area contributed by atoms with Gasteiger partial charge in [0.05, 0.1) is 22.4 Å². The monoisotopic (exact) mass is 580 g/mol. The second kappa shape index (κ2) is 10.4. The average Bonchev–Trinajstić information content (AvgIpc) is 3.33. The van der Waals surface area contributed by atoms with Crippen LogP contribution in [-0.4, -0.2) is 54.8 Å². The molecule has 2 unspecified atom stereocenters. The Morgan fingerprint density at radius 3 is 2.88 bits per heavy atom. The van der Waals surface area contributed by atoms with Gasteiger partial charge in [0.15, 0.2) is 11.4 Å². The number of rotatable bonds is 9. The third kappa shape index (κ3) is 4.63. The van der Waals surface area contributed by atoms with Crippen LogP contribution in [0.2, 0.25) is 5.02 Å². The Balaban J connectivity index is 0.971. The van der Waals surface area contributed by atoms with Crippen LogP contribution in [0.3, 0.4) is 0 Å². The Morgan fingerprint density at radius 2 is 2.00 bits per heavy atom. The van der Waals surface area contributed by atoms with Crippen molar-refractivity contribution in [2.75, 3.05) is 6.54 Å². The number of hydrogen-bond donors (Lipinski definition) is 2. The van der Waals surface area contributed by atoms with E-state index in [1.54, 1.807) is 12.3 Å². The maximum absolute atomic E-state index is 13.2. The number of aryl methyl sites for hydroxylation is 1. The van der Waals surface area contributed by atoms with E-state index in [9.17, 15) is 14.4 Å². The van der Waals surface area contributed by atoms with Crippen molar-refractivity contribution in [3.05, 3.63) is 100 Å². The summed E-state index contributed by atoms with van der Waals surface area (Å²) in [5, 5.41) is 8.78. The lowest BCUT2D eigenvalue weighted by Crippen LogP contribution is -2.33. The van der Waals surface area contributed by atoms with E-state index in [4.69, 9.17) is 11.6 Å². The number of urea groups is 1. The lowest BCUT2D eigenvalue weighted by molar-refractivity contribution is -0.127. The number of Topliss-reactive ketones (excluding diaryl/α,β-unsaturated/α-hetero) is 1. The molecule has 2 N–H and O–H groups in total. The molecule has 2 fully saturated rings. The molecule has 1 saturated heterocycles. The second-order valence-corrected chi connectivity index (χ2v) is 11.6. The van der Waals surface area contributed by atoms with Crippen LogP contribution in [0.4, 0.5) is 4.79 Å². The van der Waals surface area contributed by atoms with Gasteiger partial charge in [-0.15, -0.1) is 0 Å². The van der Waals surface area contributed by atoms with Crippen LogP contribution in [0, 0.1) is 6.92 Å². The van der Waals surface area contributed by atoms with Crippen molar-refractivity contribution >= 4 is 45.9 Å². The summed E-state index contributed by atoms with van der Waals surface area (Å²) in [7, 11) is 0. The van der Waals surface area contributed by atoms with Gasteiger partial charge in [-0.25, -0.2) is 14.3 Å². The minimum Gasteiger partial charge on any atom is -0.360 e.